The van der Waals surface area contributed by atoms with Crippen LogP contribution >= 0.6 is 0 Å². The zero-order valence-electron chi connectivity index (χ0n) is 13.1. The van der Waals surface area contributed by atoms with Gasteiger partial charge in [-0.25, -0.2) is 0 Å². The third kappa shape index (κ3) is 1.77. The van der Waals surface area contributed by atoms with Gasteiger partial charge in [-0.15, -0.1) is 0 Å². The zero-order valence-corrected chi connectivity index (χ0v) is 13.1. The summed E-state index contributed by atoms with van der Waals surface area (Å²) in [6, 6.07) is 9.62. The maximum atomic E-state index is 12.8. The second-order valence-electron chi connectivity index (χ2n) is 5.43. The second-order valence-corrected chi connectivity index (χ2v) is 5.43. The van der Waals surface area contributed by atoms with Crippen molar-refractivity contribution >= 4 is 11.6 Å². The van der Waals surface area contributed by atoms with Crippen molar-refractivity contribution < 1.29 is 14.3 Å². The first kappa shape index (κ1) is 14.3. The number of carbonyl (C=O) groups is 2. The van der Waals surface area contributed by atoms with Gasteiger partial charge < -0.3 is 9.30 Å². The summed E-state index contributed by atoms with van der Waals surface area (Å²) in [5.74, 6) is -0.223. The number of carbonyl (C=O) groups excluding carboxylic acids is 2. The van der Waals surface area contributed by atoms with Crippen molar-refractivity contribution in [2.45, 2.75) is 13.8 Å². The predicted octanol–water partition coefficient (Wildman–Crippen LogP) is 3.30. The van der Waals surface area contributed by atoms with Crippen molar-refractivity contribution in [3.05, 3.63) is 58.5 Å². The SMILES string of the molecule is COC1=C(C)C(=O)c2c(c(-c3ccccc3)n(C)c2C)C1=O. The van der Waals surface area contributed by atoms with E-state index < -0.39 is 0 Å². The number of Topliss-reactive ketones (excluding diaryl/α,β-unsaturated/α-hetero) is 2. The Labute approximate surface area is 129 Å². The molecule has 0 fully saturated rings. The average Bonchev–Trinajstić information content (AvgIpc) is 2.79. The van der Waals surface area contributed by atoms with Crippen LogP contribution in [0.15, 0.2) is 41.7 Å². The monoisotopic (exact) mass is 295 g/mol. The first-order valence-electron chi connectivity index (χ1n) is 7.08. The summed E-state index contributed by atoms with van der Waals surface area (Å²) >= 11 is 0. The maximum absolute atomic E-state index is 12.8. The van der Waals surface area contributed by atoms with Crippen LogP contribution in [0.3, 0.4) is 0 Å². The molecule has 1 aromatic carbocycles. The van der Waals surface area contributed by atoms with E-state index in [4.69, 9.17) is 4.74 Å². The fourth-order valence-electron chi connectivity index (χ4n) is 3.06. The topological polar surface area (TPSA) is 48.3 Å². The molecule has 0 saturated carbocycles. The van der Waals surface area contributed by atoms with Crippen molar-refractivity contribution in [1.29, 1.82) is 0 Å². The van der Waals surface area contributed by atoms with Gasteiger partial charge in [-0.05, 0) is 19.4 Å². The smallest absolute Gasteiger partial charge is 0.230 e. The van der Waals surface area contributed by atoms with E-state index in [9.17, 15) is 9.59 Å². The summed E-state index contributed by atoms with van der Waals surface area (Å²) in [7, 11) is 3.30. The molecule has 1 aromatic heterocycles. The molecular weight excluding hydrogens is 278 g/mol. The molecule has 0 saturated heterocycles. The van der Waals surface area contributed by atoms with Crippen molar-refractivity contribution in [3.8, 4) is 11.3 Å². The lowest BCUT2D eigenvalue weighted by Gasteiger charge is -2.16. The van der Waals surface area contributed by atoms with Gasteiger partial charge in [-0.3, -0.25) is 9.59 Å². The normalized spacial score (nSPS) is 14.4. The lowest BCUT2D eigenvalue weighted by molar-refractivity contribution is 0.0907. The third-order valence-electron chi connectivity index (χ3n) is 4.28. The number of ketones is 2. The van der Waals surface area contributed by atoms with Gasteiger partial charge in [0.2, 0.25) is 5.78 Å². The fourth-order valence-corrected chi connectivity index (χ4v) is 3.06. The van der Waals surface area contributed by atoms with E-state index in [2.05, 4.69) is 0 Å². The fraction of sp³-hybridized carbons (Fsp3) is 0.222. The minimum Gasteiger partial charge on any atom is -0.492 e. The summed E-state index contributed by atoms with van der Waals surface area (Å²) in [5, 5.41) is 0. The van der Waals surface area contributed by atoms with Crippen molar-refractivity contribution in [3.63, 3.8) is 0 Å². The Hall–Kier alpha value is -2.62. The standard InChI is InChI=1S/C18H17NO3/c1-10-16(20)13-11(2)19(3)15(12-8-6-5-7-9-12)14(13)17(21)18(10)22-4/h5-9H,1-4H3. The number of rotatable bonds is 2. The first-order chi connectivity index (χ1) is 10.5. The summed E-state index contributed by atoms with van der Waals surface area (Å²) in [6.07, 6.45) is 0. The zero-order chi connectivity index (χ0) is 16.0. The van der Waals surface area contributed by atoms with Crippen molar-refractivity contribution in [2.24, 2.45) is 7.05 Å². The molecule has 22 heavy (non-hydrogen) atoms. The number of hydrogen-bond acceptors (Lipinski definition) is 3. The molecule has 0 N–H and O–H groups in total. The molecule has 0 amide bonds. The van der Waals surface area contributed by atoms with Crippen LogP contribution in [0.4, 0.5) is 0 Å². The van der Waals surface area contributed by atoms with Crippen LogP contribution in [0.1, 0.15) is 33.3 Å². The van der Waals surface area contributed by atoms with Crippen LogP contribution in [0, 0.1) is 6.92 Å². The molecule has 4 heteroatoms. The number of fused-ring (bicyclic) bond motifs is 1. The number of allylic oxidation sites excluding steroid dienone is 2. The van der Waals surface area contributed by atoms with Gasteiger partial charge in [0.25, 0.3) is 0 Å². The molecule has 0 atom stereocenters. The molecule has 4 nitrogen and oxygen atoms in total. The van der Waals surface area contributed by atoms with Crippen LogP contribution in [0.5, 0.6) is 0 Å². The Bertz CT molecular complexity index is 826. The minimum atomic E-state index is -0.225. The molecule has 1 heterocycles. The summed E-state index contributed by atoms with van der Waals surface area (Å²) in [4.78, 5) is 25.5. The Balaban J connectivity index is 2.37. The number of methoxy groups -OCH3 is 1. The van der Waals surface area contributed by atoms with E-state index in [1.165, 1.54) is 7.11 Å². The molecule has 2 aromatic rings. The Kier molecular flexibility index (Phi) is 3.24. The molecule has 1 aliphatic rings. The molecule has 0 spiro atoms. The highest BCUT2D eigenvalue weighted by atomic mass is 16.5. The molecule has 0 bridgehead atoms. The van der Waals surface area contributed by atoms with Gasteiger partial charge in [0.05, 0.1) is 23.9 Å². The van der Waals surface area contributed by atoms with E-state index in [-0.39, 0.29) is 17.3 Å². The number of nitrogens with zero attached hydrogens (tertiary/aromatic N) is 1. The van der Waals surface area contributed by atoms with E-state index in [0.29, 0.717) is 16.7 Å². The lowest BCUT2D eigenvalue weighted by atomic mass is 9.88. The van der Waals surface area contributed by atoms with Gasteiger partial charge in [0.1, 0.15) is 0 Å². The van der Waals surface area contributed by atoms with E-state index in [1.54, 1.807) is 6.92 Å². The van der Waals surface area contributed by atoms with E-state index in [1.807, 2.05) is 48.9 Å². The second kappa shape index (κ2) is 4.98. The molecule has 3 rings (SSSR count). The number of ether oxygens (including phenoxy) is 1. The lowest BCUT2D eigenvalue weighted by Crippen LogP contribution is -2.21. The summed E-state index contributed by atoms with van der Waals surface area (Å²) in [5.41, 5.74) is 3.76. The Morgan fingerprint density at radius 2 is 1.59 bits per heavy atom. The van der Waals surface area contributed by atoms with Crippen LogP contribution < -0.4 is 0 Å². The molecular formula is C18H17NO3. The summed E-state index contributed by atoms with van der Waals surface area (Å²) in [6.45, 7) is 3.50. The number of aromatic nitrogens is 1. The first-order valence-corrected chi connectivity index (χ1v) is 7.08. The Morgan fingerprint density at radius 1 is 0.955 bits per heavy atom. The van der Waals surface area contributed by atoms with Gasteiger partial charge in [0, 0.05) is 18.3 Å². The van der Waals surface area contributed by atoms with Crippen molar-refractivity contribution in [2.75, 3.05) is 7.11 Å². The van der Waals surface area contributed by atoms with Gasteiger partial charge in [0.15, 0.2) is 11.5 Å². The van der Waals surface area contributed by atoms with Gasteiger partial charge >= 0.3 is 0 Å². The largest absolute Gasteiger partial charge is 0.492 e. The van der Waals surface area contributed by atoms with Gasteiger partial charge in [-0.2, -0.15) is 0 Å². The molecule has 0 radical (unpaired) electrons. The number of benzene rings is 1. The quantitative estimate of drug-likeness (QED) is 0.854. The van der Waals surface area contributed by atoms with Crippen LogP contribution in [0.25, 0.3) is 11.3 Å². The highest BCUT2D eigenvalue weighted by Crippen LogP contribution is 2.37. The molecule has 0 aliphatic heterocycles. The van der Waals surface area contributed by atoms with Crippen LogP contribution in [0.2, 0.25) is 0 Å². The summed E-state index contributed by atoms with van der Waals surface area (Å²) < 4.78 is 7.09. The highest BCUT2D eigenvalue weighted by Gasteiger charge is 2.37. The molecule has 112 valence electrons. The van der Waals surface area contributed by atoms with E-state index in [0.717, 1.165) is 17.0 Å². The van der Waals surface area contributed by atoms with Crippen molar-refractivity contribution in [1.82, 2.24) is 4.57 Å². The van der Waals surface area contributed by atoms with Crippen LogP contribution in [-0.4, -0.2) is 23.2 Å². The minimum absolute atomic E-state index is 0.137. The maximum Gasteiger partial charge on any atom is 0.230 e. The third-order valence-corrected chi connectivity index (χ3v) is 4.28. The molecule has 0 unspecified atom stereocenters. The average molecular weight is 295 g/mol. The van der Waals surface area contributed by atoms with Crippen LogP contribution in [-0.2, 0) is 11.8 Å². The molecule has 1 aliphatic carbocycles. The number of hydrogen-bond donors (Lipinski definition) is 0. The highest BCUT2D eigenvalue weighted by molar-refractivity contribution is 6.28. The Morgan fingerprint density at radius 3 is 2.18 bits per heavy atom. The van der Waals surface area contributed by atoms with Gasteiger partial charge in [-0.1, -0.05) is 30.3 Å². The predicted molar refractivity (Wildman–Crippen MR) is 84.0 cm³/mol. The van der Waals surface area contributed by atoms with E-state index >= 15 is 0 Å².